The van der Waals surface area contributed by atoms with Crippen molar-refractivity contribution in [2.45, 2.75) is 58.8 Å². The number of aliphatic hydroxyl groups excluding tert-OH is 2. The second-order valence-electron chi connectivity index (χ2n) is 10.1. The van der Waals surface area contributed by atoms with Gasteiger partial charge in [-0.15, -0.1) is 11.3 Å². The smallest absolute Gasteiger partial charge is 0.177 e. The first kappa shape index (κ1) is 24.6. The molecular formula is C28H32N4O3S. The van der Waals surface area contributed by atoms with Gasteiger partial charge < -0.3 is 20.4 Å². The highest BCUT2D eigenvalue weighted by atomic mass is 32.1. The van der Waals surface area contributed by atoms with E-state index in [4.69, 9.17) is 15.1 Å². The summed E-state index contributed by atoms with van der Waals surface area (Å²) >= 11 is 1.63. The highest BCUT2D eigenvalue weighted by molar-refractivity contribution is 7.17. The quantitative estimate of drug-likeness (QED) is 0.290. The standard InChI is InChI=1S/C28H32N4O3S/c1-14(2)20(10-31-16(4)15(3)17-7-23(33)24(34)8-17)21-11-32-28(29)27-19(21)9-25(35-27)22-13-36-26-12-30-6-5-18(22)26/h5-6,9-13,15-17,23-24,33-34H,7-8H2,1-4H3,(H2,29,32). The van der Waals surface area contributed by atoms with Crippen LogP contribution in [0.5, 0.6) is 0 Å². The number of fused-ring (bicyclic) bond motifs is 2. The number of hydrogen-bond donors (Lipinski definition) is 3. The average molecular weight is 505 g/mol. The maximum atomic E-state index is 9.97. The molecule has 1 aliphatic rings. The van der Waals surface area contributed by atoms with E-state index < -0.39 is 12.2 Å². The van der Waals surface area contributed by atoms with Crippen molar-refractivity contribution in [2.75, 3.05) is 5.73 Å². The van der Waals surface area contributed by atoms with Crippen molar-refractivity contribution in [3.05, 3.63) is 47.2 Å². The van der Waals surface area contributed by atoms with Gasteiger partial charge in [-0.3, -0.25) is 9.98 Å². The number of thiophene rings is 1. The summed E-state index contributed by atoms with van der Waals surface area (Å²) in [5.74, 6) is 1.58. The SMILES string of the molecule is CC(C)=C(C=NC(C)C(C)C1CC(O)C(O)C1)c1cnc(N)c2oc(-c3csc4cnccc34)cc12. The van der Waals surface area contributed by atoms with Crippen LogP contribution in [0.25, 0.3) is 38.0 Å². The van der Waals surface area contributed by atoms with Crippen LogP contribution in [0.15, 0.2) is 51.1 Å². The minimum absolute atomic E-state index is 0.0322. The zero-order valence-corrected chi connectivity index (χ0v) is 21.8. The molecule has 0 spiro atoms. The molecule has 8 heteroatoms. The Balaban J connectivity index is 1.50. The number of nitrogens with two attached hydrogens (primary N) is 1. The number of hydrogen-bond acceptors (Lipinski definition) is 8. The normalized spacial score (nSPS) is 22.0. The van der Waals surface area contributed by atoms with Crippen LogP contribution in [0.4, 0.5) is 5.82 Å². The van der Waals surface area contributed by atoms with Crippen LogP contribution >= 0.6 is 11.3 Å². The Morgan fingerprint density at radius 3 is 2.67 bits per heavy atom. The number of aliphatic hydroxyl groups is 2. The second-order valence-corrected chi connectivity index (χ2v) is 11.0. The van der Waals surface area contributed by atoms with Crippen LogP contribution < -0.4 is 5.73 Å². The third-order valence-electron chi connectivity index (χ3n) is 7.54. The summed E-state index contributed by atoms with van der Waals surface area (Å²) in [6, 6.07) is 4.06. The van der Waals surface area contributed by atoms with Crippen LogP contribution in [0.3, 0.4) is 0 Å². The number of aliphatic imine (C=N–C) groups is 1. The minimum Gasteiger partial charge on any atom is -0.452 e. The summed E-state index contributed by atoms with van der Waals surface area (Å²) in [6.07, 6.45) is 7.32. The molecule has 4 N–H and O–H groups in total. The van der Waals surface area contributed by atoms with Crippen molar-refractivity contribution in [2.24, 2.45) is 16.8 Å². The highest BCUT2D eigenvalue weighted by Gasteiger charge is 2.36. The largest absolute Gasteiger partial charge is 0.452 e. The highest BCUT2D eigenvalue weighted by Crippen LogP contribution is 2.40. The number of furan rings is 1. The lowest BCUT2D eigenvalue weighted by atomic mass is 9.87. The van der Waals surface area contributed by atoms with Gasteiger partial charge in [0.2, 0.25) is 0 Å². The third kappa shape index (κ3) is 4.45. The van der Waals surface area contributed by atoms with E-state index in [1.165, 1.54) is 0 Å². The molecule has 0 radical (unpaired) electrons. The predicted octanol–water partition coefficient (Wildman–Crippen LogP) is 5.71. The molecule has 1 aliphatic carbocycles. The van der Waals surface area contributed by atoms with Gasteiger partial charge in [-0.2, -0.15) is 0 Å². The van der Waals surface area contributed by atoms with E-state index in [1.807, 2.05) is 24.5 Å². The van der Waals surface area contributed by atoms with Crippen LogP contribution in [0.1, 0.15) is 46.1 Å². The molecule has 4 atom stereocenters. The maximum absolute atomic E-state index is 9.97. The molecule has 0 aromatic carbocycles. The van der Waals surface area contributed by atoms with Gasteiger partial charge in [-0.05, 0) is 57.6 Å². The van der Waals surface area contributed by atoms with Crippen molar-refractivity contribution < 1.29 is 14.6 Å². The summed E-state index contributed by atoms with van der Waals surface area (Å²) in [4.78, 5) is 13.6. The van der Waals surface area contributed by atoms with E-state index in [9.17, 15) is 10.2 Å². The van der Waals surface area contributed by atoms with Gasteiger partial charge in [0.1, 0.15) is 5.76 Å². The molecule has 5 rings (SSSR count). The van der Waals surface area contributed by atoms with Crippen molar-refractivity contribution in [1.29, 1.82) is 0 Å². The molecular weight excluding hydrogens is 472 g/mol. The fourth-order valence-electron chi connectivity index (χ4n) is 5.11. The second kappa shape index (κ2) is 9.76. The molecule has 0 aliphatic heterocycles. The van der Waals surface area contributed by atoms with E-state index in [0.29, 0.717) is 24.2 Å². The topological polar surface area (TPSA) is 118 Å². The maximum Gasteiger partial charge on any atom is 0.177 e. The Labute approximate surface area is 214 Å². The van der Waals surface area contributed by atoms with E-state index in [0.717, 1.165) is 43.5 Å². The Bertz CT molecular complexity index is 1460. The number of rotatable bonds is 6. The monoisotopic (exact) mass is 504 g/mol. The Morgan fingerprint density at radius 2 is 1.94 bits per heavy atom. The van der Waals surface area contributed by atoms with Gasteiger partial charge in [-0.1, -0.05) is 12.5 Å². The fourth-order valence-corrected chi connectivity index (χ4v) is 6.03. The molecule has 0 amide bonds. The van der Waals surface area contributed by atoms with Crippen LogP contribution in [0, 0.1) is 11.8 Å². The Kier molecular flexibility index (Phi) is 6.68. The van der Waals surface area contributed by atoms with Gasteiger partial charge in [0.15, 0.2) is 11.4 Å². The summed E-state index contributed by atoms with van der Waals surface area (Å²) < 4.78 is 7.36. The zero-order valence-electron chi connectivity index (χ0n) is 21.0. The van der Waals surface area contributed by atoms with Gasteiger partial charge in [0, 0.05) is 63.7 Å². The van der Waals surface area contributed by atoms with Crippen LogP contribution in [-0.4, -0.2) is 44.6 Å². The summed E-state index contributed by atoms with van der Waals surface area (Å²) in [6.45, 7) is 8.35. The van der Waals surface area contributed by atoms with Gasteiger partial charge in [0.05, 0.1) is 16.9 Å². The molecule has 4 aromatic heterocycles. The first-order valence-corrected chi connectivity index (χ1v) is 13.2. The van der Waals surface area contributed by atoms with E-state index in [1.54, 1.807) is 23.7 Å². The molecule has 4 unspecified atom stereocenters. The fraction of sp³-hybridized carbons (Fsp3) is 0.393. The van der Waals surface area contributed by atoms with Crippen molar-refractivity contribution in [3.63, 3.8) is 0 Å². The molecule has 0 bridgehead atoms. The number of aromatic nitrogens is 2. The first-order chi connectivity index (χ1) is 17.2. The van der Waals surface area contributed by atoms with E-state index in [-0.39, 0.29) is 17.9 Å². The third-order valence-corrected chi connectivity index (χ3v) is 8.47. The molecule has 36 heavy (non-hydrogen) atoms. The summed E-state index contributed by atoms with van der Waals surface area (Å²) in [5, 5.41) is 24.0. The van der Waals surface area contributed by atoms with Gasteiger partial charge in [-0.25, -0.2) is 4.98 Å². The molecule has 4 aromatic rings. The van der Waals surface area contributed by atoms with Crippen LogP contribution in [-0.2, 0) is 0 Å². The number of pyridine rings is 2. The molecule has 0 saturated heterocycles. The Morgan fingerprint density at radius 1 is 1.19 bits per heavy atom. The molecule has 4 heterocycles. The first-order valence-electron chi connectivity index (χ1n) is 12.3. The molecule has 7 nitrogen and oxygen atoms in total. The minimum atomic E-state index is -0.636. The molecule has 188 valence electrons. The average Bonchev–Trinajstić information content (AvgIpc) is 3.57. The van der Waals surface area contributed by atoms with Crippen molar-refractivity contribution in [3.8, 4) is 11.3 Å². The van der Waals surface area contributed by atoms with Crippen LogP contribution in [0.2, 0.25) is 0 Å². The van der Waals surface area contributed by atoms with Crippen molar-refractivity contribution in [1.82, 2.24) is 9.97 Å². The van der Waals surface area contributed by atoms with E-state index in [2.05, 4.69) is 43.0 Å². The molecule has 1 saturated carbocycles. The summed E-state index contributed by atoms with van der Waals surface area (Å²) in [7, 11) is 0. The number of anilines is 1. The molecule has 1 fully saturated rings. The number of nitrogen functional groups attached to an aromatic ring is 1. The predicted molar refractivity (Wildman–Crippen MR) is 147 cm³/mol. The lowest BCUT2D eigenvalue weighted by Gasteiger charge is -2.23. The lowest BCUT2D eigenvalue weighted by molar-refractivity contribution is 0.0438. The Hall–Kier alpha value is -3.07. The lowest BCUT2D eigenvalue weighted by Crippen LogP contribution is -2.20. The van der Waals surface area contributed by atoms with Crippen molar-refractivity contribution >= 4 is 50.0 Å². The van der Waals surface area contributed by atoms with E-state index >= 15 is 0 Å². The van der Waals surface area contributed by atoms with Gasteiger partial charge in [0.25, 0.3) is 0 Å². The zero-order chi connectivity index (χ0) is 25.6. The number of allylic oxidation sites excluding steroid dienone is 2. The van der Waals surface area contributed by atoms with Gasteiger partial charge >= 0.3 is 0 Å². The number of nitrogens with zero attached hydrogens (tertiary/aromatic N) is 3. The summed E-state index contributed by atoms with van der Waals surface area (Å²) in [5.41, 5.74) is 10.8.